The number of amides is 1. The van der Waals surface area contributed by atoms with Crippen LogP contribution in [0.3, 0.4) is 0 Å². The van der Waals surface area contributed by atoms with Crippen LogP contribution in [0.1, 0.15) is 17.3 Å². The van der Waals surface area contributed by atoms with E-state index in [1.54, 1.807) is 18.2 Å². The van der Waals surface area contributed by atoms with Crippen LogP contribution in [-0.2, 0) is 0 Å². The molecular formula is C15H13Br2NO2. The summed E-state index contributed by atoms with van der Waals surface area (Å²) in [5.74, 6) is 0.561. The van der Waals surface area contributed by atoms with Crippen LogP contribution in [0.2, 0.25) is 0 Å². The molecule has 1 N–H and O–H groups in total. The van der Waals surface area contributed by atoms with E-state index in [-0.39, 0.29) is 5.91 Å². The fraction of sp³-hybridized carbons (Fsp3) is 0.133. The van der Waals surface area contributed by atoms with E-state index in [2.05, 4.69) is 37.2 Å². The number of para-hydroxylation sites is 1. The second-order valence-electron chi connectivity index (χ2n) is 4.01. The van der Waals surface area contributed by atoms with E-state index < -0.39 is 0 Å². The first kappa shape index (κ1) is 15.1. The van der Waals surface area contributed by atoms with E-state index in [1.165, 1.54) is 0 Å². The van der Waals surface area contributed by atoms with Crippen molar-refractivity contribution in [2.45, 2.75) is 6.92 Å². The molecule has 0 unspecified atom stereocenters. The molecule has 0 heterocycles. The van der Waals surface area contributed by atoms with Gasteiger partial charge in [-0.2, -0.15) is 0 Å². The first-order valence-electron chi connectivity index (χ1n) is 6.10. The van der Waals surface area contributed by atoms with E-state index in [4.69, 9.17) is 4.74 Å². The molecule has 2 rings (SSSR count). The third-order valence-corrected chi connectivity index (χ3v) is 3.93. The maximum Gasteiger partial charge on any atom is 0.255 e. The Morgan fingerprint density at radius 1 is 1.15 bits per heavy atom. The number of hydrogen-bond acceptors (Lipinski definition) is 2. The lowest BCUT2D eigenvalue weighted by molar-refractivity contribution is 0.102. The summed E-state index contributed by atoms with van der Waals surface area (Å²) in [4.78, 5) is 12.2. The summed E-state index contributed by atoms with van der Waals surface area (Å²) in [5, 5.41) is 2.86. The molecule has 0 saturated carbocycles. The van der Waals surface area contributed by atoms with Crippen molar-refractivity contribution >= 4 is 43.5 Å². The number of benzene rings is 2. The van der Waals surface area contributed by atoms with Crippen molar-refractivity contribution < 1.29 is 9.53 Å². The predicted molar refractivity (Wildman–Crippen MR) is 87.4 cm³/mol. The van der Waals surface area contributed by atoms with Gasteiger partial charge in [-0.3, -0.25) is 4.79 Å². The third-order valence-electron chi connectivity index (χ3n) is 2.62. The Labute approximate surface area is 134 Å². The highest BCUT2D eigenvalue weighted by Crippen LogP contribution is 2.27. The Bertz CT molecular complexity index is 629. The van der Waals surface area contributed by atoms with Gasteiger partial charge in [0.2, 0.25) is 0 Å². The zero-order chi connectivity index (χ0) is 14.5. The summed E-state index contributed by atoms with van der Waals surface area (Å²) in [6.07, 6.45) is 0. The van der Waals surface area contributed by atoms with Crippen LogP contribution in [-0.4, -0.2) is 12.5 Å². The molecule has 0 atom stereocenters. The summed E-state index contributed by atoms with van der Waals surface area (Å²) in [5.41, 5.74) is 1.30. The Kier molecular flexibility index (Phi) is 5.20. The maximum absolute atomic E-state index is 12.2. The standard InChI is InChI=1S/C15H13Br2NO2/c1-2-20-14-8-7-10(9-12(14)17)15(19)18-13-6-4-3-5-11(13)16/h3-9H,2H2,1H3,(H,18,19). The molecule has 20 heavy (non-hydrogen) atoms. The Hall–Kier alpha value is -1.33. The largest absolute Gasteiger partial charge is 0.493 e. The second-order valence-corrected chi connectivity index (χ2v) is 5.72. The topological polar surface area (TPSA) is 38.3 Å². The lowest BCUT2D eigenvalue weighted by Gasteiger charge is -2.09. The van der Waals surface area contributed by atoms with Crippen molar-refractivity contribution in [3.8, 4) is 5.75 Å². The third kappa shape index (κ3) is 3.61. The molecule has 104 valence electrons. The van der Waals surface area contributed by atoms with Gasteiger partial charge in [0.1, 0.15) is 5.75 Å². The van der Waals surface area contributed by atoms with Gasteiger partial charge in [0.05, 0.1) is 16.8 Å². The molecule has 0 aliphatic carbocycles. The summed E-state index contributed by atoms with van der Waals surface area (Å²) in [6, 6.07) is 12.7. The van der Waals surface area contributed by atoms with Crippen LogP contribution in [0.5, 0.6) is 5.75 Å². The highest BCUT2D eigenvalue weighted by atomic mass is 79.9. The summed E-state index contributed by atoms with van der Waals surface area (Å²) >= 11 is 6.80. The van der Waals surface area contributed by atoms with Gasteiger partial charge in [0.25, 0.3) is 5.91 Å². The Morgan fingerprint density at radius 2 is 1.90 bits per heavy atom. The number of rotatable bonds is 4. The van der Waals surface area contributed by atoms with E-state index in [1.807, 2.05) is 31.2 Å². The smallest absolute Gasteiger partial charge is 0.255 e. The number of nitrogens with one attached hydrogen (secondary N) is 1. The molecule has 0 bridgehead atoms. The predicted octanol–water partition coefficient (Wildman–Crippen LogP) is 4.86. The average Bonchev–Trinajstić information content (AvgIpc) is 2.43. The minimum absolute atomic E-state index is 0.166. The Morgan fingerprint density at radius 3 is 2.55 bits per heavy atom. The number of hydrogen-bond donors (Lipinski definition) is 1. The number of carbonyl (C=O) groups is 1. The monoisotopic (exact) mass is 397 g/mol. The molecule has 5 heteroatoms. The van der Waals surface area contributed by atoms with Gasteiger partial charge >= 0.3 is 0 Å². The van der Waals surface area contributed by atoms with Gasteiger partial charge < -0.3 is 10.1 Å². The molecule has 2 aromatic rings. The van der Waals surface area contributed by atoms with E-state index in [0.717, 1.165) is 20.4 Å². The van der Waals surface area contributed by atoms with Crippen LogP contribution < -0.4 is 10.1 Å². The fourth-order valence-electron chi connectivity index (χ4n) is 1.67. The molecule has 0 saturated heterocycles. The number of carbonyl (C=O) groups excluding carboxylic acids is 1. The molecule has 0 spiro atoms. The summed E-state index contributed by atoms with van der Waals surface area (Å²) < 4.78 is 7.03. The normalized spacial score (nSPS) is 10.2. The number of anilines is 1. The molecule has 1 amide bonds. The highest BCUT2D eigenvalue weighted by molar-refractivity contribution is 9.11. The molecule has 0 aliphatic heterocycles. The number of ether oxygens (including phenoxy) is 1. The molecular weight excluding hydrogens is 386 g/mol. The molecule has 0 aromatic heterocycles. The molecule has 3 nitrogen and oxygen atoms in total. The van der Waals surface area contributed by atoms with Crippen molar-refractivity contribution in [3.63, 3.8) is 0 Å². The van der Waals surface area contributed by atoms with Crippen molar-refractivity contribution in [3.05, 3.63) is 57.0 Å². The first-order valence-corrected chi connectivity index (χ1v) is 7.68. The maximum atomic E-state index is 12.2. The van der Waals surface area contributed by atoms with Gasteiger partial charge in [-0.25, -0.2) is 0 Å². The lowest BCUT2D eigenvalue weighted by Crippen LogP contribution is -2.12. The number of halogens is 2. The van der Waals surface area contributed by atoms with Gasteiger partial charge in [0, 0.05) is 10.0 Å². The summed E-state index contributed by atoms with van der Waals surface area (Å²) in [7, 11) is 0. The minimum atomic E-state index is -0.166. The molecule has 0 radical (unpaired) electrons. The van der Waals surface area contributed by atoms with Crippen molar-refractivity contribution in [1.29, 1.82) is 0 Å². The fourth-order valence-corrected chi connectivity index (χ4v) is 2.55. The van der Waals surface area contributed by atoms with Crippen LogP contribution in [0.25, 0.3) is 0 Å². The van der Waals surface area contributed by atoms with Crippen LogP contribution in [0.4, 0.5) is 5.69 Å². The minimum Gasteiger partial charge on any atom is -0.493 e. The average molecular weight is 399 g/mol. The Balaban J connectivity index is 2.18. The second kappa shape index (κ2) is 6.90. The van der Waals surface area contributed by atoms with E-state index in [0.29, 0.717) is 12.2 Å². The van der Waals surface area contributed by atoms with Crippen LogP contribution in [0.15, 0.2) is 51.4 Å². The van der Waals surface area contributed by atoms with Crippen molar-refractivity contribution in [2.75, 3.05) is 11.9 Å². The van der Waals surface area contributed by atoms with Crippen molar-refractivity contribution in [1.82, 2.24) is 0 Å². The van der Waals surface area contributed by atoms with Gasteiger partial charge in [-0.15, -0.1) is 0 Å². The van der Waals surface area contributed by atoms with Gasteiger partial charge in [-0.1, -0.05) is 12.1 Å². The zero-order valence-electron chi connectivity index (χ0n) is 10.8. The van der Waals surface area contributed by atoms with E-state index in [9.17, 15) is 4.79 Å². The van der Waals surface area contributed by atoms with Crippen molar-refractivity contribution in [2.24, 2.45) is 0 Å². The molecule has 0 fully saturated rings. The van der Waals surface area contributed by atoms with Crippen LogP contribution in [0, 0.1) is 0 Å². The SMILES string of the molecule is CCOc1ccc(C(=O)Nc2ccccc2Br)cc1Br. The molecule has 2 aromatic carbocycles. The van der Waals surface area contributed by atoms with Crippen LogP contribution >= 0.6 is 31.9 Å². The van der Waals surface area contributed by atoms with Gasteiger partial charge in [0.15, 0.2) is 0 Å². The lowest BCUT2D eigenvalue weighted by atomic mass is 10.2. The molecule has 0 aliphatic rings. The summed E-state index contributed by atoms with van der Waals surface area (Å²) in [6.45, 7) is 2.50. The highest BCUT2D eigenvalue weighted by Gasteiger charge is 2.10. The van der Waals surface area contributed by atoms with E-state index >= 15 is 0 Å². The quantitative estimate of drug-likeness (QED) is 0.798. The first-order chi connectivity index (χ1) is 9.61. The zero-order valence-corrected chi connectivity index (χ0v) is 14.0. The van der Waals surface area contributed by atoms with Gasteiger partial charge in [-0.05, 0) is 69.1 Å².